The van der Waals surface area contributed by atoms with Gasteiger partial charge in [-0.1, -0.05) is 36.0 Å². The van der Waals surface area contributed by atoms with Gasteiger partial charge in [0.25, 0.3) is 0 Å². The van der Waals surface area contributed by atoms with E-state index in [9.17, 15) is 0 Å². The first-order chi connectivity index (χ1) is 10.1. The molecule has 5 nitrogen and oxygen atoms in total. The quantitative estimate of drug-likeness (QED) is 0.831. The Labute approximate surface area is 147 Å². The third kappa shape index (κ3) is 4.07. The number of hydrogen-bond donors (Lipinski definition) is 1. The first-order valence-corrected chi connectivity index (χ1v) is 8.32. The van der Waals surface area contributed by atoms with E-state index in [2.05, 4.69) is 32.1 Å². The Kier molecular flexibility index (Phi) is 6.38. The molecule has 1 aromatic heterocycles. The summed E-state index contributed by atoms with van der Waals surface area (Å²) in [4.78, 5) is 13.4. The number of halogens is 3. The monoisotopic (exact) mass is 365 g/mol. The van der Waals surface area contributed by atoms with Crippen LogP contribution in [-0.4, -0.2) is 54.1 Å². The summed E-state index contributed by atoms with van der Waals surface area (Å²) in [6, 6.07) is 0.453. The normalized spacial score (nSPS) is 20.0. The summed E-state index contributed by atoms with van der Waals surface area (Å²) in [6.45, 7) is 3.85. The zero-order valence-corrected chi connectivity index (χ0v) is 15.0. The summed E-state index contributed by atoms with van der Waals surface area (Å²) in [6.07, 6.45) is 4.86. The summed E-state index contributed by atoms with van der Waals surface area (Å²) < 4.78 is 0. The molecule has 3 rings (SSSR count). The lowest BCUT2D eigenvalue weighted by molar-refractivity contribution is 0.311. The van der Waals surface area contributed by atoms with Crippen LogP contribution in [0.5, 0.6) is 0 Å². The highest BCUT2D eigenvalue weighted by atomic mass is 35.5. The first-order valence-electron chi connectivity index (χ1n) is 7.56. The van der Waals surface area contributed by atoms with E-state index in [1.165, 1.54) is 25.7 Å². The predicted octanol–water partition coefficient (Wildman–Crippen LogP) is 3.31. The number of nitrogens with zero attached hydrogens (tertiary/aromatic N) is 4. The molecule has 0 amide bonds. The molecule has 1 aliphatic heterocycles. The van der Waals surface area contributed by atoms with Gasteiger partial charge in [-0.15, -0.1) is 12.4 Å². The molecule has 22 heavy (non-hydrogen) atoms. The Morgan fingerprint density at radius 1 is 1.05 bits per heavy atom. The molecule has 0 unspecified atom stereocenters. The Bertz CT molecular complexity index is 499. The van der Waals surface area contributed by atoms with Crippen LogP contribution >= 0.6 is 35.6 Å². The number of likely N-dealkylation sites (N-methyl/N-ethyl adjacent to an activating group) is 1. The molecule has 0 bridgehead atoms. The maximum atomic E-state index is 6.26. The van der Waals surface area contributed by atoms with E-state index in [0.717, 1.165) is 26.2 Å². The molecule has 2 aliphatic rings. The van der Waals surface area contributed by atoms with Crippen molar-refractivity contribution in [3.8, 4) is 0 Å². The van der Waals surface area contributed by atoms with Crippen molar-refractivity contribution in [1.29, 1.82) is 0 Å². The van der Waals surface area contributed by atoms with E-state index in [0.29, 0.717) is 28.0 Å². The van der Waals surface area contributed by atoms with E-state index >= 15 is 0 Å². The molecule has 1 saturated heterocycles. The van der Waals surface area contributed by atoms with Crippen molar-refractivity contribution in [2.75, 3.05) is 43.4 Å². The number of nitrogens with one attached hydrogen (secondary N) is 1. The van der Waals surface area contributed by atoms with Gasteiger partial charge in [-0.2, -0.15) is 9.97 Å². The van der Waals surface area contributed by atoms with Gasteiger partial charge in [-0.05, 0) is 19.9 Å². The van der Waals surface area contributed by atoms with Gasteiger partial charge in [0.05, 0.1) is 0 Å². The van der Waals surface area contributed by atoms with Gasteiger partial charge in [0.2, 0.25) is 5.95 Å². The highest BCUT2D eigenvalue weighted by molar-refractivity contribution is 6.42. The van der Waals surface area contributed by atoms with Gasteiger partial charge in [0.15, 0.2) is 11.0 Å². The standard InChI is InChI=1S/C14H21Cl2N5.ClH/c1-20-6-8-21(9-7-20)14-18-12(16)11(15)13(19-14)17-10-4-2-3-5-10;/h10H,2-9H2,1H3,(H,17,18,19);1H. The van der Waals surface area contributed by atoms with Gasteiger partial charge >= 0.3 is 0 Å². The molecule has 1 saturated carbocycles. The van der Waals surface area contributed by atoms with Gasteiger partial charge in [-0.3, -0.25) is 0 Å². The molecule has 0 atom stereocenters. The summed E-state index contributed by atoms with van der Waals surface area (Å²) in [5.74, 6) is 1.36. The molecule has 2 fully saturated rings. The average molecular weight is 367 g/mol. The minimum Gasteiger partial charge on any atom is -0.366 e. The minimum absolute atomic E-state index is 0. The third-order valence-corrected chi connectivity index (χ3v) is 5.01. The van der Waals surface area contributed by atoms with Crippen LogP contribution in [0.4, 0.5) is 11.8 Å². The fourth-order valence-corrected chi connectivity index (χ4v) is 3.22. The second-order valence-corrected chi connectivity index (χ2v) is 6.63. The van der Waals surface area contributed by atoms with E-state index in [4.69, 9.17) is 23.2 Å². The van der Waals surface area contributed by atoms with E-state index in [1.54, 1.807) is 0 Å². The van der Waals surface area contributed by atoms with Crippen molar-refractivity contribution in [1.82, 2.24) is 14.9 Å². The number of aromatic nitrogens is 2. The number of piperazine rings is 1. The van der Waals surface area contributed by atoms with Crippen molar-refractivity contribution >= 4 is 47.4 Å². The lowest BCUT2D eigenvalue weighted by Gasteiger charge is -2.32. The topological polar surface area (TPSA) is 44.3 Å². The average Bonchev–Trinajstić information content (AvgIpc) is 2.97. The van der Waals surface area contributed by atoms with E-state index < -0.39 is 0 Å². The van der Waals surface area contributed by atoms with Crippen LogP contribution in [0.15, 0.2) is 0 Å². The summed E-state index contributed by atoms with van der Waals surface area (Å²) >= 11 is 12.5. The van der Waals surface area contributed by atoms with E-state index in [1.807, 2.05) is 0 Å². The lowest BCUT2D eigenvalue weighted by Crippen LogP contribution is -2.45. The highest BCUT2D eigenvalue weighted by Gasteiger charge is 2.22. The molecule has 0 aromatic carbocycles. The molecular weight excluding hydrogens is 345 g/mol. The molecule has 0 spiro atoms. The van der Waals surface area contributed by atoms with Crippen LogP contribution in [0.2, 0.25) is 10.2 Å². The maximum absolute atomic E-state index is 6.26. The predicted molar refractivity (Wildman–Crippen MR) is 94.9 cm³/mol. The molecular formula is C14H22Cl3N5. The zero-order valence-electron chi connectivity index (χ0n) is 12.7. The van der Waals surface area contributed by atoms with E-state index in [-0.39, 0.29) is 12.4 Å². The Morgan fingerprint density at radius 3 is 2.32 bits per heavy atom. The van der Waals surface area contributed by atoms with Gasteiger partial charge in [-0.25, -0.2) is 0 Å². The Hall–Kier alpha value is -0.490. The van der Waals surface area contributed by atoms with Crippen molar-refractivity contribution < 1.29 is 0 Å². The summed E-state index contributed by atoms with van der Waals surface area (Å²) in [5.41, 5.74) is 0. The fourth-order valence-electron chi connectivity index (χ4n) is 2.92. The smallest absolute Gasteiger partial charge is 0.228 e. The first kappa shape index (κ1) is 17.9. The van der Waals surface area contributed by atoms with Crippen LogP contribution in [0, 0.1) is 0 Å². The van der Waals surface area contributed by atoms with Crippen LogP contribution < -0.4 is 10.2 Å². The van der Waals surface area contributed by atoms with Crippen LogP contribution in [0.25, 0.3) is 0 Å². The Morgan fingerprint density at radius 2 is 1.68 bits per heavy atom. The van der Waals surface area contributed by atoms with Gasteiger partial charge < -0.3 is 15.1 Å². The van der Waals surface area contributed by atoms with Crippen molar-refractivity contribution in [2.24, 2.45) is 0 Å². The molecule has 0 radical (unpaired) electrons. The maximum Gasteiger partial charge on any atom is 0.228 e. The molecule has 1 aliphatic carbocycles. The number of rotatable bonds is 3. The summed E-state index contributed by atoms with van der Waals surface area (Å²) in [7, 11) is 2.13. The number of hydrogen-bond acceptors (Lipinski definition) is 5. The number of anilines is 2. The van der Waals surface area contributed by atoms with Gasteiger partial charge in [0.1, 0.15) is 5.02 Å². The van der Waals surface area contributed by atoms with Crippen molar-refractivity contribution in [3.63, 3.8) is 0 Å². The highest BCUT2D eigenvalue weighted by Crippen LogP contribution is 2.32. The molecule has 1 N–H and O–H groups in total. The largest absolute Gasteiger partial charge is 0.366 e. The Balaban J connectivity index is 0.00000176. The second kappa shape index (κ2) is 7.86. The third-order valence-electron chi connectivity index (χ3n) is 4.28. The molecule has 124 valence electrons. The SMILES string of the molecule is CN1CCN(c2nc(Cl)c(Cl)c(NC3CCCC3)n2)CC1.Cl. The van der Waals surface area contributed by atoms with Crippen molar-refractivity contribution in [3.05, 3.63) is 10.2 Å². The fraction of sp³-hybridized carbons (Fsp3) is 0.714. The minimum atomic E-state index is 0. The second-order valence-electron chi connectivity index (χ2n) is 5.89. The van der Waals surface area contributed by atoms with Gasteiger partial charge in [0, 0.05) is 32.2 Å². The van der Waals surface area contributed by atoms with Crippen molar-refractivity contribution in [2.45, 2.75) is 31.7 Å². The zero-order chi connectivity index (χ0) is 14.8. The lowest BCUT2D eigenvalue weighted by atomic mass is 10.2. The van der Waals surface area contributed by atoms with Crippen LogP contribution in [-0.2, 0) is 0 Å². The van der Waals surface area contributed by atoms with Crippen LogP contribution in [0.1, 0.15) is 25.7 Å². The molecule has 1 aromatic rings. The molecule has 8 heteroatoms. The summed E-state index contributed by atoms with van der Waals surface area (Å²) in [5, 5.41) is 4.20. The molecule has 2 heterocycles. The van der Waals surface area contributed by atoms with Crippen LogP contribution in [0.3, 0.4) is 0 Å².